The van der Waals surface area contributed by atoms with E-state index in [1.165, 1.54) is 0 Å². The molecule has 2 heterocycles. The van der Waals surface area contributed by atoms with Crippen molar-refractivity contribution in [3.8, 4) is 0 Å². The molecule has 3 nitrogen and oxygen atoms in total. The van der Waals surface area contributed by atoms with Gasteiger partial charge in [0.2, 0.25) is 0 Å². The molecule has 1 N–H and O–H groups in total. The Hall–Kier alpha value is -0.350. The molecular weight excluding hydrogens is 235 g/mol. The van der Waals surface area contributed by atoms with E-state index >= 15 is 0 Å². The molecule has 5 heteroatoms. The topological polar surface area (TPSA) is 34.1 Å². The predicted molar refractivity (Wildman–Crippen MR) is 60.4 cm³/mol. The van der Waals surface area contributed by atoms with Crippen LogP contribution in [0.4, 0.5) is 0 Å². The van der Waals surface area contributed by atoms with Gasteiger partial charge in [0.05, 0.1) is 19.3 Å². The fourth-order valence-electron chi connectivity index (χ4n) is 1.68. The summed E-state index contributed by atoms with van der Waals surface area (Å²) in [6.45, 7) is 3.46. The minimum Gasteiger partial charge on any atom is -0.378 e. The fraction of sp³-hybridized carbons (Fsp3) is 0.500. The van der Waals surface area contributed by atoms with E-state index in [0.717, 1.165) is 12.2 Å². The van der Waals surface area contributed by atoms with E-state index in [1.807, 2.05) is 12.1 Å². The molecule has 0 spiro atoms. The quantitative estimate of drug-likeness (QED) is 0.774. The maximum Gasteiger partial charge on any atom is 0.131 e. The lowest BCUT2D eigenvalue weighted by Gasteiger charge is -2.29. The number of nitrogens with one attached hydrogen (secondary N) is 1. The first-order chi connectivity index (χ1) is 7.15. The Morgan fingerprint density at radius 1 is 1.33 bits per heavy atom. The summed E-state index contributed by atoms with van der Waals surface area (Å²) in [5.41, 5.74) is 1.02. The molecule has 1 fully saturated rings. The minimum absolute atomic E-state index is 0.145. The first kappa shape index (κ1) is 11.1. The molecule has 0 aliphatic carbocycles. The van der Waals surface area contributed by atoms with Gasteiger partial charge < -0.3 is 10.1 Å². The molecule has 1 aliphatic heterocycles. The molecule has 82 valence electrons. The maximum atomic E-state index is 5.84. The van der Waals surface area contributed by atoms with Gasteiger partial charge in [-0.2, -0.15) is 0 Å². The van der Waals surface area contributed by atoms with Crippen molar-refractivity contribution in [1.82, 2.24) is 10.3 Å². The van der Waals surface area contributed by atoms with Crippen molar-refractivity contribution in [2.24, 2.45) is 0 Å². The molecular formula is C10H12Cl2N2O. The summed E-state index contributed by atoms with van der Waals surface area (Å²) in [4.78, 5) is 3.91. The van der Waals surface area contributed by atoms with E-state index in [-0.39, 0.29) is 6.04 Å². The van der Waals surface area contributed by atoms with Crippen molar-refractivity contribution in [3.63, 3.8) is 0 Å². The molecule has 1 saturated heterocycles. The van der Waals surface area contributed by atoms with Crippen LogP contribution in [0.1, 0.15) is 18.5 Å². The van der Waals surface area contributed by atoms with Gasteiger partial charge in [-0.05, 0) is 24.6 Å². The largest absolute Gasteiger partial charge is 0.378 e. The highest BCUT2D eigenvalue weighted by Gasteiger charge is 2.20. The number of hydrogen-bond acceptors (Lipinski definition) is 3. The molecule has 1 aromatic rings. The van der Waals surface area contributed by atoms with Gasteiger partial charge in [-0.1, -0.05) is 23.2 Å². The maximum absolute atomic E-state index is 5.84. The molecule has 0 bridgehead atoms. The van der Waals surface area contributed by atoms with Crippen LogP contribution in [0.5, 0.6) is 0 Å². The smallest absolute Gasteiger partial charge is 0.131 e. The zero-order chi connectivity index (χ0) is 10.8. The van der Waals surface area contributed by atoms with Gasteiger partial charge in [0.25, 0.3) is 0 Å². The summed E-state index contributed by atoms with van der Waals surface area (Å²) in [6, 6.07) is 4.11. The molecule has 0 radical (unpaired) electrons. The van der Waals surface area contributed by atoms with Crippen LogP contribution in [0.25, 0.3) is 0 Å². The van der Waals surface area contributed by atoms with E-state index in [4.69, 9.17) is 27.9 Å². The SMILES string of the molecule is C[C@@H]1COC[C@@H](c2cc(Cl)nc(Cl)c2)N1. The van der Waals surface area contributed by atoms with Crippen LogP contribution >= 0.6 is 23.2 Å². The van der Waals surface area contributed by atoms with Crippen molar-refractivity contribution in [3.05, 3.63) is 28.0 Å². The zero-order valence-corrected chi connectivity index (χ0v) is 9.85. The Kier molecular flexibility index (Phi) is 3.46. The van der Waals surface area contributed by atoms with Crippen LogP contribution in [0.15, 0.2) is 12.1 Å². The van der Waals surface area contributed by atoms with Gasteiger partial charge in [-0.25, -0.2) is 4.98 Å². The highest BCUT2D eigenvalue weighted by atomic mass is 35.5. The second kappa shape index (κ2) is 4.66. The summed E-state index contributed by atoms with van der Waals surface area (Å²) >= 11 is 11.7. The third-order valence-corrected chi connectivity index (χ3v) is 2.71. The van der Waals surface area contributed by atoms with E-state index in [9.17, 15) is 0 Å². The Morgan fingerprint density at radius 3 is 2.60 bits per heavy atom. The predicted octanol–water partition coefficient (Wildman–Crippen LogP) is 2.44. The second-order valence-electron chi connectivity index (χ2n) is 3.70. The van der Waals surface area contributed by atoms with Crippen LogP contribution in [-0.2, 0) is 4.74 Å². The lowest BCUT2D eigenvalue weighted by atomic mass is 10.1. The molecule has 15 heavy (non-hydrogen) atoms. The lowest BCUT2D eigenvalue weighted by Crippen LogP contribution is -2.41. The Balaban J connectivity index is 2.20. The number of rotatable bonds is 1. The fourth-order valence-corrected chi connectivity index (χ4v) is 2.16. The van der Waals surface area contributed by atoms with Crippen molar-refractivity contribution in [2.75, 3.05) is 13.2 Å². The van der Waals surface area contributed by atoms with Gasteiger partial charge in [-0.3, -0.25) is 0 Å². The molecule has 0 amide bonds. The molecule has 2 atom stereocenters. The van der Waals surface area contributed by atoms with Crippen LogP contribution in [-0.4, -0.2) is 24.2 Å². The Labute approximate surface area is 98.7 Å². The Morgan fingerprint density at radius 2 is 2.00 bits per heavy atom. The molecule has 0 saturated carbocycles. The van der Waals surface area contributed by atoms with Crippen molar-refractivity contribution < 1.29 is 4.74 Å². The molecule has 0 aromatic carbocycles. The summed E-state index contributed by atoms with van der Waals surface area (Å²) in [5.74, 6) is 0. The standard InChI is InChI=1S/C10H12Cl2N2O/c1-6-4-15-5-8(13-6)7-2-9(11)14-10(12)3-7/h2-3,6,8,13H,4-5H2,1H3/t6-,8+/m1/s1. The van der Waals surface area contributed by atoms with Gasteiger partial charge in [-0.15, -0.1) is 0 Å². The summed E-state index contributed by atoms with van der Waals surface area (Å²) in [7, 11) is 0. The summed E-state index contributed by atoms with van der Waals surface area (Å²) < 4.78 is 5.46. The summed E-state index contributed by atoms with van der Waals surface area (Å²) in [5, 5.41) is 4.25. The molecule has 1 aromatic heterocycles. The van der Waals surface area contributed by atoms with Crippen molar-refractivity contribution in [1.29, 1.82) is 0 Å². The number of nitrogens with zero attached hydrogens (tertiary/aromatic N) is 1. The number of morpholine rings is 1. The second-order valence-corrected chi connectivity index (χ2v) is 4.48. The first-order valence-electron chi connectivity index (χ1n) is 4.82. The Bertz CT molecular complexity index is 339. The monoisotopic (exact) mass is 246 g/mol. The first-order valence-corrected chi connectivity index (χ1v) is 5.57. The number of hydrogen-bond donors (Lipinski definition) is 1. The third-order valence-electron chi connectivity index (χ3n) is 2.33. The van der Waals surface area contributed by atoms with Gasteiger partial charge in [0.15, 0.2) is 0 Å². The number of halogens is 2. The number of pyridine rings is 1. The lowest BCUT2D eigenvalue weighted by molar-refractivity contribution is 0.0504. The van der Waals surface area contributed by atoms with Gasteiger partial charge >= 0.3 is 0 Å². The number of ether oxygens (including phenoxy) is 1. The third kappa shape index (κ3) is 2.82. The van der Waals surface area contributed by atoms with E-state index in [0.29, 0.717) is 23.0 Å². The van der Waals surface area contributed by atoms with Crippen LogP contribution in [0.3, 0.4) is 0 Å². The van der Waals surface area contributed by atoms with Crippen LogP contribution in [0.2, 0.25) is 10.3 Å². The van der Waals surface area contributed by atoms with Crippen molar-refractivity contribution in [2.45, 2.75) is 19.0 Å². The van der Waals surface area contributed by atoms with E-state index < -0.39 is 0 Å². The van der Waals surface area contributed by atoms with Crippen LogP contribution < -0.4 is 5.32 Å². The average molecular weight is 247 g/mol. The normalized spacial score (nSPS) is 26.6. The highest BCUT2D eigenvalue weighted by Crippen LogP contribution is 2.22. The van der Waals surface area contributed by atoms with Gasteiger partial charge in [0.1, 0.15) is 10.3 Å². The van der Waals surface area contributed by atoms with Crippen molar-refractivity contribution >= 4 is 23.2 Å². The molecule has 2 rings (SSSR count). The molecule has 0 unspecified atom stereocenters. The van der Waals surface area contributed by atoms with Gasteiger partial charge in [0, 0.05) is 6.04 Å². The minimum atomic E-state index is 0.145. The zero-order valence-electron chi connectivity index (χ0n) is 8.34. The highest BCUT2D eigenvalue weighted by molar-refractivity contribution is 6.32. The summed E-state index contributed by atoms with van der Waals surface area (Å²) in [6.07, 6.45) is 0. The number of aromatic nitrogens is 1. The average Bonchev–Trinajstić information content (AvgIpc) is 2.16. The van der Waals surface area contributed by atoms with E-state index in [2.05, 4.69) is 17.2 Å². The molecule has 1 aliphatic rings. The van der Waals surface area contributed by atoms with E-state index in [1.54, 1.807) is 0 Å². The van der Waals surface area contributed by atoms with Crippen LogP contribution in [0, 0.1) is 0 Å².